The van der Waals surface area contributed by atoms with E-state index in [0.29, 0.717) is 17.5 Å². The Bertz CT molecular complexity index is 1620. The summed E-state index contributed by atoms with van der Waals surface area (Å²) in [7, 11) is 4.76. The van der Waals surface area contributed by atoms with Crippen LogP contribution in [0.15, 0.2) is 60.9 Å². The molecule has 0 saturated heterocycles. The predicted molar refractivity (Wildman–Crippen MR) is 175 cm³/mol. The number of carbonyl (C=O) groups is 3. The molecule has 0 unspecified atom stereocenters. The highest BCUT2D eigenvalue weighted by atomic mass is 127. The van der Waals surface area contributed by atoms with E-state index in [2.05, 4.69) is 31.8 Å². The number of aldehydes is 1. The molecule has 4 aromatic rings. The molecular weight excluding hydrogens is 669 g/mol. The number of nitrogens with zero attached hydrogens (tertiary/aromatic N) is 3. The number of aromatic nitrogens is 2. The largest absolute Gasteiger partial charge is 0.496 e. The average Bonchev–Trinajstić information content (AvgIpc) is 3.34. The van der Waals surface area contributed by atoms with Crippen LogP contribution in [0.1, 0.15) is 31.1 Å². The van der Waals surface area contributed by atoms with Gasteiger partial charge in [-0.25, -0.2) is 14.6 Å². The second-order valence-electron chi connectivity index (χ2n) is 10.4. The van der Waals surface area contributed by atoms with E-state index in [1.54, 1.807) is 53.3 Å². The summed E-state index contributed by atoms with van der Waals surface area (Å²) in [6.07, 6.45) is 4.02. The van der Waals surface area contributed by atoms with Gasteiger partial charge >= 0.3 is 12.1 Å². The fourth-order valence-corrected chi connectivity index (χ4v) is 5.52. The van der Waals surface area contributed by atoms with E-state index in [-0.39, 0.29) is 13.1 Å². The number of fused-ring (bicyclic) bond motifs is 1. The lowest BCUT2D eigenvalue weighted by molar-refractivity contribution is 0.0301. The molecule has 0 aliphatic rings. The monoisotopic (exact) mass is 701 g/mol. The molecule has 0 fully saturated rings. The van der Waals surface area contributed by atoms with E-state index < -0.39 is 17.7 Å². The van der Waals surface area contributed by atoms with Gasteiger partial charge in [-0.05, 0) is 50.6 Å². The molecule has 0 bridgehead atoms. The number of methoxy groups -OCH3 is 1. The molecule has 2 aromatic carbocycles. The van der Waals surface area contributed by atoms with Crippen molar-refractivity contribution in [2.45, 2.75) is 26.4 Å². The first-order chi connectivity index (χ1) is 20.0. The van der Waals surface area contributed by atoms with Crippen LogP contribution in [0, 0.1) is 0 Å². The van der Waals surface area contributed by atoms with Gasteiger partial charge in [0, 0.05) is 90.5 Å². The van der Waals surface area contributed by atoms with Crippen LogP contribution < -0.4 is 15.4 Å². The van der Waals surface area contributed by atoms with Crippen molar-refractivity contribution >= 4 is 65.5 Å². The Kier molecular flexibility index (Phi) is 9.99. The van der Waals surface area contributed by atoms with Crippen LogP contribution in [-0.2, 0) is 4.74 Å². The maximum atomic E-state index is 12.5. The Morgan fingerprint density at radius 3 is 2.57 bits per heavy atom. The van der Waals surface area contributed by atoms with Gasteiger partial charge in [-0.2, -0.15) is 0 Å². The third-order valence-corrected chi connectivity index (χ3v) is 7.98. The van der Waals surface area contributed by atoms with Gasteiger partial charge in [-0.1, -0.05) is 24.3 Å². The van der Waals surface area contributed by atoms with Crippen molar-refractivity contribution in [2.75, 3.05) is 32.6 Å². The summed E-state index contributed by atoms with van der Waals surface area (Å²) in [6, 6.07) is 14.6. The van der Waals surface area contributed by atoms with Crippen molar-refractivity contribution in [3.05, 3.63) is 66.5 Å². The first-order valence-corrected chi connectivity index (χ1v) is 16.4. The smallest absolute Gasteiger partial charge is 0.410 e. The maximum Gasteiger partial charge on any atom is 0.410 e. The number of anilines is 1. The lowest BCUT2D eigenvalue weighted by Crippen LogP contribution is -2.40. The number of hydrogen-bond donors (Lipinski definition) is 2. The van der Waals surface area contributed by atoms with Crippen molar-refractivity contribution in [3.63, 3.8) is 0 Å². The summed E-state index contributed by atoms with van der Waals surface area (Å²) >= 11 is 2.22. The number of urea groups is 1. The predicted octanol–water partition coefficient (Wildman–Crippen LogP) is 7.03. The number of likely N-dealkylation sites (N-methyl/N-ethyl adjacent to an activating group) is 1. The average molecular weight is 702 g/mol. The molecule has 42 heavy (non-hydrogen) atoms. The van der Waals surface area contributed by atoms with E-state index in [0.717, 1.165) is 39.0 Å². The third-order valence-electron chi connectivity index (χ3n) is 6.28. The minimum Gasteiger partial charge on any atom is -0.496 e. The molecule has 0 aliphatic carbocycles. The van der Waals surface area contributed by atoms with E-state index in [4.69, 9.17) is 14.5 Å². The molecule has 0 radical (unpaired) electrons. The Hall–Kier alpha value is -3.78. The second kappa shape index (κ2) is 13.5. The van der Waals surface area contributed by atoms with Gasteiger partial charge in [0.1, 0.15) is 11.4 Å². The van der Waals surface area contributed by atoms with Crippen LogP contribution >= 0.6 is 30.3 Å². The Labute approximate surface area is 260 Å². The third kappa shape index (κ3) is 7.34. The zero-order valence-electron chi connectivity index (χ0n) is 23.9. The zero-order chi connectivity index (χ0) is 30.4. The molecular formula is C30H32IN5O5S. The summed E-state index contributed by atoms with van der Waals surface area (Å²) in [5.41, 5.74) is 4.40. The highest BCUT2D eigenvalue weighted by Crippen LogP contribution is 2.39. The maximum absolute atomic E-state index is 12.5. The zero-order valence-corrected chi connectivity index (χ0v) is 26.9. The van der Waals surface area contributed by atoms with Crippen molar-refractivity contribution in [1.29, 1.82) is 0 Å². The van der Waals surface area contributed by atoms with Crippen molar-refractivity contribution in [1.82, 2.24) is 19.2 Å². The molecule has 2 N–H and O–H groups in total. The van der Waals surface area contributed by atoms with Crippen molar-refractivity contribution < 1.29 is 23.9 Å². The quantitative estimate of drug-likeness (QED) is 0.142. The van der Waals surface area contributed by atoms with E-state index in [9.17, 15) is 14.4 Å². The van der Waals surface area contributed by atoms with E-state index >= 15 is 0 Å². The molecule has 3 amide bonds. The highest BCUT2D eigenvalue weighted by Gasteiger charge is 2.20. The lowest BCUT2D eigenvalue weighted by atomic mass is 10.00. The standard InChI is InChI=1S/C30H32IN5O5S/c1-30(2,3)41-29(39)35(4)13-12-32-28(38)34-25-11-10-19(14-21(25)18-37)20-15-23-24(17-36(42-31)27(23)33-16-20)22-8-6-7-9-26(22)40-5/h6-11,14-18H,12-13H2,1-5H3,(H2,32,34,38). The molecule has 2 aromatic heterocycles. The molecule has 12 heteroatoms. The fraction of sp³-hybridized carbons (Fsp3) is 0.267. The number of ether oxygens (including phenoxy) is 2. The normalized spacial score (nSPS) is 11.2. The second-order valence-corrected chi connectivity index (χ2v) is 12.1. The van der Waals surface area contributed by atoms with Gasteiger partial charge in [0.2, 0.25) is 0 Å². The summed E-state index contributed by atoms with van der Waals surface area (Å²) in [4.78, 5) is 42.7. The Morgan fingerprint density at radius 2 is 1.88 bits per heavy atom. The topological polar surface area (TPSA) is 115 Å². The van der Waals surface area contributed by atoms with Gasteiger partial charge in [0.15, 0.2) is 11.9 Å². The summed E-state index contributed by atoms with van der Waals surface area (Å²) < 4.78 is 12.9. The number of hydrogen-bond acceptors (Lipinski definition) is 7. The molecule has 0 atom stereocenters. The number of rotatable bonds is 9. The number of pyridine rings is 1. The van der Waals surface area contributed by atoms with Gasteiger partial charge in [0.05, 0.1) is 12.8 Å². The molecule has 2 heterocycles. The van der Waals surface area contributed by atoms with Gasteiger partial charge < -0.3 is 25.0 Å². The number of amides is 3. The van der Waals surface area contributed by atoms with Crippen molar-refractivity contribution in [3.8, 4) is 28.0 Å². The number of nitrogens with one attached hydrogen (secondary N) is 2. The first-order valence-electron chi connectivity index (χ1n) is 13.1. The van der Waals surface area contributed by atoms with Crippen LogP contribution in [0.4, 0.5) is 15.3 Å². The van der Waals surface area contributed by atoms with E-state index in [1.165, 1.54) is 14.0 Å². The highest BCUT2D eigenvalue weighted by molar-refractivity contribution is 14.2. The van der Waals surface area contributed by atoms with Gasteiger partial charge in [-0.3, -0.25) is 8.77 Å². The lowest BCUT2D eigenvalue weighted by Gasteiger charge is -2.24. The fourth-order valence-electron chi connectivity index (χ4n) is 4.26. The first kappa shape index (κ1) is 31.2. The van der Waals surface area contributed by atoms with Gasteiger partial charge in [-0.15, -0.1) is 0 Å². The van der Waals surface area contributed by atoms with Crippen LogP contribution in [0.5, 0.6) is 5.75 Å². The number of halogens is 1. The van der Waals surface area contributed by atoms with Crippen LogP contribution in [0.2, 0.25) is 0 Å². The van der Waals surface area contributed by atoms with Crippen LogP contribution in [-0.4, -0.2) is 65.1 Å². The van der Waals surface area contributed by atoms with Crippen LogP contribution in [0.3, 0.4) is 0 Å². The molecule has 4 rings (SSSR count). The van der Waals surface area contributed by atoms with Crippen molar-refractivity contribution in [2.24, 2.45) is 0 Å². The van der Waals surface area contributed by atoms with Crippen LogP contribution in [0.25, 0.3) is 33.3 Å². The molecule has 0 spiro atoms. The Balaban J connectivity index is 1.52. The van der Waals surface area contributed by atoms with Gasteiger partial charge in [0.25, 0.3) is 0 Å². The summed E-state index contributed by atoms with van der Waals surface area (Å²) in [5, 5.41) is 6.35. The molecule has 0 saturated carbocycles. The minimum atomic E-state index is -0.605. The molecule has 220 valence electrons. The van der Waals surface area contributed by atoms with E-state index in [1.807, 2.05) is 46.6 Å². The molecule has 10 nitrogen and oxygen atoms in total. The number of para-hydroxylation sites is 1. The SMILES string of the molecule is COc1ccccc1-c1cn(SI)c2ncc(-c3ccc(NC(=O)NCCN(C)C(=O)OC(C)(C)C)c(C=O)c3)cc12. The molecule has 0 aliphatic heterocycles. The summed E-state index contributed by atoms with van der Waals surface area (Å²) in [6.45, 7) is 5.82. The minimum absolute atomic E-state index is 0.200. The number of carbonyl (C=O) groups excluding carboxylic acids is 3. The number of benzene rings is 2. The Morgan fingerprint density at radius 1 is 1.12 bits per heavy atom. The summed E-state index contributed by atoms with van der Waals surface area (Å²) in [5.74, 6) is 0.758.